The third-order valence-corrected chi connectivity index (χ3v) is 3.65. The molecule has 0 atom stereocenters. The number of methoxy groups -OCH3 is 1. The number of carbonyl (C=O) groups is 1. The molecule has 1 aromatic carbocycles. The summed E-state index contributed by atoms with van der Waals surface area (Å²) < 4.78 is 6.30. The highest BCUT2D eigenvalue weighted by atomic mass is 79.9. The number of amides is 1. The molecule has 4 nitrogen and oxygen atoms in total. The minimum absolute atomic E-state index is 0.133. The van der Waals surface area contributed by atoms with Gasteiger partial charge in [-0.05, 0) is 18.2 Å². The topological polar surface area (TPSA) is 41.6 Å². The summed E-state index contributed by atoms with van der Waals surface area (Å²) in [6.07, 6.45) is 0. The Hall–Kier alpha value is -1.07. The molecule has 0 radical (unpaired) electrons. The van der Waals surface area contributed by atoms with E-state index in [2.05, 4.69) is 21.2 Å². The summed E-state index contributed by atoms with van der Waals surface area (Å²) in [5, 5.41) is 3.11. The minimum atomic E-state index is 0.133. The van der Waals surface area contributed by atoms with Crippen molar-refractivity contribution in [2.24, 2.45) is 5.92 Å². The van der Waals surface area contributed by atoms with E-state index in [1.54, 1.807) is 12.0 Å². The standard InChI is InChI=1S/C13H17BrN2O2/c1-16(13(17)10-6-15-7-10)8-9-5-11(14)3-4-12(9)18-2/h3-5,10,15H,6-8H2,1-2H3. The van der Waals surface area contributed by atoms with E-state index in [4.69, 9.17) is 4.74 Å². The molecule has 0 spiro atoms. The Bertz CT molecular complexity index is 447. The van der Waals surface area contributed by atoms with Gasteiger partial charge in [-0.1, -0.05) is 15.9 Å². The van der Waals surface area contributed by atoms with Gasteiger partial charge >= 0.3 is 0 Å². The van der Waals surface area contributed by atoms with Crippen molar-refractivity contribution < 1.29 is 9.53 Å². The first kappa shape index (κ1) is 13.4. The lowest BCUT2D eigenvalue weighted by Gasteiger charge is -2.30. The molecule has 1 aromatic rings. The Kier molecular flexibility index (Phi) is 4.24. The van der Waals surface area contributed by atoms with Gasteiger partial charge in [0.05, 0.1) is 13.0 Å². The third-order valence-electron chi connectivity index (χ3n) is 3.16. The zero-order chi connectivity index (χ0) is 13.1. The maximum atomic E-state index is 12.0. The van der Waals surface area contributed by atoms with Crippen LogP contribution in [-0.4, -0.2) is 38.1 Å². The van der Waals surface area contributed by atoms with Gasteiger partial charge in [0.2, 0.25) is 5.91 Å². The molecule has 1 aliphatic rings. The Morgan fingerprint density at radius 3 is 2.83 bits per heavy atom. The number of hydrogen-bond acceptors (Lipinski definition) is 3. The van der Waals surface area contributed by atoms with E-state index in [-0.39, 0.29) is 11.8 Å². The molecule has 2 rings (SSSR count). The van der Waals surface area contributed by atoms with E-state index in [9.17, 15) is 4.79 Å². The molecule has 1 amide bonds. The molecule has 1 aliphatic heterocycles. The van der Waals surface area contributed by atoms with Crippen LogP contribution in [0.3, 0.4) is 0 Å². The first-order valence-electron chi connectivity index (χ1n) is 5.90. The average molecular weight is 313 g/mol. The van der Waals surface area contributed by atoms with Crippen LogP contribution in [0.25, 0.3) is 0 Å². The second-order valence-electron chi connectivity index (χ2n) is 4.51. The highest BCUT2D eigenvalue weighted by Crippen LogP contribution is 2.24. The van der Waals surface area contributed by atoms with E-state index in [1.807, 2.05) is 25.2 Å². The van der Waals surface area contributed by atoms with Gasteiger partial charge in [0, 0.05) is 36.7 Å². The van der Waals surface area contributed by atoms with Crippen LogP contribution in [0.4, 0.5) is 0 Å². The van der Waals surface area contributed by atoms with Gasteiger partial charge in [-0.15, -0.1) is 0 Å². The van der Waals surface area contributed by atoms with E-state index < -0.39 is 0 Å². The molecule has 1 fully saturated rings. The van der Waals surface area contributed by atoms with Crippen LogP contribution in [0.5, 0.6) is 5.75 Å². The first-order chi connectivity index (χ1) is 8.61. The third kappa shape index (κ3) is 2.84. The second kappa shape index (κ2) is 5.71. The molecule has 0 bridgehead atoms. The number of carbonyl (C=O) groups excluding carboxylic acids is 1. The summed E-state index contributed by atoms with van der Waals surface area (Å²) >= 11 is 3.44. The molecule has 1 N–H and O–H groups in total. The van der Waals surface area contributed by atoms with Gasteiger partial charge in [0.25, 0.3) is 0 Å². The van der Waals surface area contributed by atoms with Crippen molar-refractivity contribution in [2.75, 3.05) is 27.2 Å². The monoisotopic (exact) mass is 312 g/mol. The fraction of sp³-hybridized carbons (Fsp3) is 0.462. The minimum Gasteiger partial charge on any atom is -0.496 e. The fourth-order valence-electron chi connectivity index (χ4n) is 1.98. The van der Waals surface area contributed by atoms with E-state index >= 15 is 0 Å². The van der Waals surface area contributed by atoms with Crippen LogP contribution in [0.1, 0.15) is 5.56 Å². The highest BCUT2D eigenvalue weighted by molar-refractivity contribution is 9.10. The van der Waals surface area contributed by atoms with Crippen LogP contribution in [-0.2, 0) is 11.3 Å². The lowest BCUT2D eigenvalue weighted by atomic mass is 10.0. The summed E-state index contributed by atoms with van der Waals surface area (Å²) in [6.45, 7) is 2.15. The number of nitrogens with zero attached hydrogens (tertiary/aromatic N) is 1. The fourth-order valence-corrected chi connectivity index (χ4v) is 2.39. The smallest absolute Gasteiger partial charge is 0.228 e. The van der Waals surface area contributed by atoms with Crippen molar-refractivity contribution in [3.63, 3.8) is 0 Å². The molecule has 0 aliphatic carbocycles. The molecule has 0 aromatic heterocycles. The van der Waals surface area contributed by atoms with E-state index in [0.29, 0.717) is 6.54 Å². The molecular formula is C13H17BrN2O2. The van der Waals surface area contributed by atoms with Gasteiger partial charge in [0.1, 0.15) is 5.75 Å². The highest BCUT2D eigenvalue weighted by Gasteiger charge is 2.27. The summed E-state index contributed by atoms with van der Waals surface area (Å²) in [5.74, 6) is 1.13. The van der Waals surface area contributed by atoms with Crippen molar-refractivity contribution in [1.82, 2.24) is 10.2 Å². The first-order valence-corrected chi connectivity index (χ1v) is 6.69. The Labute approximate surface area is 115 Å². The lowest BCUT2D eigenvalue weighted by Crippen LogP contribution is -2.51. The zero-order valence-corrected chi connectivity index (χ0v) is 12.2. The molecule has 1 heterocycles. The van der Waals surface area contributed by atoms with Crippen LogP contribution in [0.2, 0.25) is 0 Å². The van der Waals surface area contributed by atoms with Crippen LogP contribution in [0, 0.1) is 5.92 Å². The van der Waals surface area contributed by atoms with Crippen molar-refractivity contribution in [3.8, 4) is 5.75 Å². The number of hydrogen-bond donors (Lipinski definition) is 1. The van der Waals surface area contributed by atoms with Gasteiger partial charge < -0.3 is 15.0 Å². The molecule has 0 saturated carbocycles. The number of halogens is 1. The SMILES string of the molecule is COc1ccc(Br)cc1CN(C)C(=O)C1CNC1. The molecular weight excluding hydrogens is 296 g/mol. The average Bonchev–Trinajstić information content (AvgIpc) is 2.27. The van der Waals surface area contributed by atoms with Crippen molar-refractivity contribution in [2.45, 2.75) is 6.54 Å². The molecule has 1 saturated heterocycles. The van der Waals surface area contributed by atoms with Crippen LogP contribution < -0.4 is 10.1 Å². The van der Waals surface area contributed by atoms with Gasteiger partial charge in [-0.2, -0.15) is 0 Å². The summed E-state index contributed by atoms with van der Waals surface area (Å²) in [6, 6.07) is 5.82. The van der Waals surface area contributed by atoms with Crippen molar-refractivity contribution >= 4 is 21.8 Å². The summed E-state index contributed by atoms with van der Waals surface area (Å²) in [7, 11) is 3.48. The van der Waals surface area contributed by atoms with Crippen LogP contribution >= 0.6 is 15.9 Å². The van der Waals surface area contributed by atoms with Gasteiger partial charge in [-0.3, -0.25) is 4.79 Å². The quantitative estimate of drug-likeness (QED) is 0.919. The molecule has 18 heavy (non-hydrogen) atoms. The predicted octanol–water partition coefficient (Wildman–Crippen LogP) is 1.64. The second-order valence-corrected chi connectivity index (χ2v) is 5.42. The summed E-state index contributed by atoms with van der Waals surface area (Å²) in [4.78, 5) is 13.8. The van der Waals surface area contributed by atoms with Crippen molar-refractivity contribution in [3.05, 3.63) is 28.2 Å². The lowest BCUT2D eigenvalue weighted by molar-refractivity contribution is -0.136. The maximum Gasteiger partial charge on any atom is 0.228 e. The number of rotatable bonds is 4. The number of nitrogens with one attached hydrogen (secondary N) is 1. The van der Waals surface area contributed by atoms with Gasteiger partial charge in [-0.25, -0.2) is 0 Å². The van der Waals surface area contributed by atoms with Crippen LogP contribution in [0.15, 0.2) is 22.7 Å². The largest absolute Gasteiger partial charge is 0.496 e. The van der Waals surface area contributed by atoms with E-state index in [1.165, 1.54) is 0 Å². The maximum absolute atomic E-state index is 12.0. The number of benzene rings is 1. The van der Waals surface area contributed by atoms with Crippen molar-refractivity contribution in [1.29, 1.82) is 0 Å². The summed E-state index contributed by atoms with van der Waals surface area (Å²) in [5.41, 5.74) is 1.01. The zero-order valence-electron chi connectivity index (χ0n) is 10.6. The van der Waals surface area contributed by atoms with Gasteiger partial charge in [0.15, 0.2) is 0 Å². The molecule has 98 valence electrons. The Morgan fingerprint density at radius 2 is 2.28 bits per heavy atom. The Balaban J connectivity index is 2.07. The normalized spacial score (nSPS) is 15.1. The molecule has 0 unspecified atom stereocenters. The number of ether oxygens (including phenoxy) is 1. The molecule has 5 heteroatoms. The Morgan fingerprint density at radius 1 is 1.56 bits per heavy atom. The van der Waals surface area contributed by atoms with E-state index in [0.717, 1.165) is 28.9 Å². The predicted molar refractivity (Wildman–Crippen MR) is 73.5 cm³/mol.